The molecule has 106 valence electrons. The van der Waals surface area contributed by atoms with Gasteiger partial charge in [0.1, 0.15) is 5.52 Å². The summed E-state index contributed by atoms with van der Waals surface area (Å²) in [7, 11) is 0. The third-order valence-electron chi connectivity index (χ3n) is 3.23. The van der Waals surface area contributed by atoms with Crippen LogP contribution in [0.3, 0.4) is 0 Å². The number of carboxylic acids is 1. The highest BCUT2D eigenvalue weighted by atomic mass is 35.5. The van der Waals surface area contributed by atoms with Crippen LogP contribution in [0.25, 0.3) is 11.0 Å². The number of para-hydroxylation sites is 1. The standard InChI is InChI=1S/C13H13ClN2O3S/c14-9-2-1-3-10-12(9)15-13(20-7-11(17)18)16(10)8-4-5-19-6-8/h1-3,8H,4-7H2,(H,17,18). The van der Waals surface area contributed by atoms with Gasteiger partial charge in [0, 0.05) is 6.61 Å². The minimum absolute atomic E-state index is 0.0193. The van der Waals surface area contributed by atoms with Crippen LogP contribution in [0, 0.1) is 0 Å². The zero-order valence-electron chi connectivity index (χ0n) is 10.6. The maximum Gasteiger partial charge on any atom is 0.313 e. The molecule has 1 aliphatic heterocycles. The average molecular weight is 313 g/mol. The molecule has 1 aliphatic rings. The number of thioether (sulfide) groups is 1. The first kappa shape index (κ1) is 13.7. The van der Waals surface area contributed by atoms with E-state index in [-0.39, 0.29) is 11.8 Å². The molecule has 0 aliphatic carbocycles. The number of aliphatic carboxylic acids is 1. The highest BCUT2D eigenvalue weighted by Gasteiger charge is 2.24. The van der Waals surface area contributed by atoms with E-state index >= 15 is 0 Å². The first-order chi connectivity index (χ1) is 9.66. The van der Waals surface area contributed by atoms with Crippen LogP contribution in [-0.2, 0) is 9.53 Å². The van der Waals surface area contributed by atoms with Crippen molar-refractivity contribution < 1.29 is 14.6 Å². The van der Waals surface area contributed by atoms with Gasteiger partial charge in [-0.15, -0.1) is 0 Å². The van der Waals surface area contributed by atoms with Crippen molar-refractivity contribution in [3.8, 4) is 0 Å². The molecule has 1 unspecified atom stereocenters. The summed E-state index contributed by atoms with van der Waals surface area (Å²) < 4.78 is 7.49. The minimum atomic E-state index is -0.859. The van der Waals surface area contributed by atoms with Gasteiger partial charge >= 0.3 is 5.97 Å². The second-order valence-electron chi connectivity index (χ2n) is 4.57. The molecule has 2 aromatic rings. The molecular formula is C13H13ClN2O3S. The fourth-order valence-corrected chi connectivity index (χ4v) is 3.38. The SMILES string of the molecule is O=C(O)CSc1nc2c(Cl)cccc2n1C1CCOC1. The van der Waals surface area contributed by atoms with Crippen molar-refractivity contribution in [2.45, 2.75) is 17.6 Å². The second-order valence-corrected chi connectivity index (χ2v) is 5.92. The molecule has 0 amide bonds. The van der Waals surface area contributed by atoms with Crippen LogP contribution in [0.4, 0.5) is 0 Å². The van der Waals surface area contributed by atoms with Crippen molar-refractivity contribution in [3.05, 3.63) is 23.2 Å². The van der Waals surface area contributed by atoms with Gasteiger partial charge in [0.15, 0.2) is 5.16 Å². The predicted octanol–water partition coefficient (Wildman–Crippen LogP) is 2.83. The van der Waals surface area contributed by atoms with Gasteiger partial charge in [-0.05, 0) is 18.6 Å². The minimum Gasteiger partial charge on any atom is -0.481 e. The van der Waals surface area contributed by atoms with Crippen molar-refractivity contribution in [1.82, 2.24) is 9.55 Å². The normalized spacial score (nSPS) is 18.8. The number of ether oxygens (including phenoxy) is 1. The van der Waals surface area contributed by atoms with Crippen molar-refractivity contribution in [1.29, 1.82) is 0 Å². The molecule has 0 saturated carbocycles. The molecule has 0 bridgehead atoms. The Morgan fingerprint density at radius 3 is 3.15 bits per heavy atom. The number of aromatic nitrogens is 2. The van der Waals surface area contributed by atoms with Crippen LogP contribution in [-0.4, -0.2) is 39.6 Å². The Labute approximate surface area is 124 Å². The zero-order valence-corrected chi connectivity index (χ0v) is 12.2. The summed E-state index contributed by atoms with van der Waals surface area (Å²) in [4.78, 5) is 15.3. The quantitative estimate of drug-likeness (QED) is 0.879. The highest BCUT2D eigenvalue weighted by Crippen LogP contribution is 2.34. The van der Waals surface area contributed by atoms with Crippen LogP contribution in [0.2, 0.25) is 5.02 Å². The number of halogens is 1. The number of fused-ring (bicyclic) bond motifs is 1. The van der Waals surface area contributed by atoms with Crippen LogP contribution >= 0.6 is 23.4 Å². The van der Waals surface area contributed by atoms with Crippen molar-refractivity contribution in [2.75, 3.05) is 19.0 Å². The predicted molar refractivity (Wildman–Crippen MR) is 77.6 cm³/mol. The lowest BCUT2D eigenvalue weighted by Gasteiger charge is -2.14. The molecule has 7 heteroatoms. The van der Waals surface area contributed by atoms with Gasteiger partial charge in [-0.3, -0.25) is 4.79 Å². The van der Waals surface area contributed by atoms with E-state index in [9.17, 15) is 4.79 Å². The third-order valence-corrected chi connectivity index (χ3v) is 4.48. The molecule has 0 radical (unpaired) electrons. The van der Waals surface area contributed by atoms with Gasteiger partial charge in [-0.2, -0.15) is 0 Å². The van der Waals surface area contributed by atoms with Gasteiger partial charge in [0.25, 0.3) is 0 Å². The molecule has 1 atom stereocenters. The van der Waals surface area contributed by atoms with Crippen LogP contribution in [0.1, 0.15) is 12.5 Å². The number of carbonyl (C=O) groups is 1. The lowest BCUT2D eigenvalue weighted by molar-refractivity contribution is -0.133. The molecular weight excluding hydrogens is 300 g/mol. The molecule has 1 aromatic carbocycles. The van der Waals surface area contributed by atoms with Crippen molar-refractivity contribution >= 4 is 40.4 Å². The maximum atomic E-state index is 10.8. The van der Waals surface area contributed by atoms with Gasteiger partial charge in [0.05, 0.1) is 28.9 Å². The van der Waals surface area contributed by atoms with E-state index in [4.69, 9.17) is 21.4 Å². The highest BCUT2D eigenvalue weighted by molar-refractivity contribution is 7.99. The van der Waals surface area contributed by atoms with E-state index in [2.05, 4.69) is 9.55 Å². The van der Waals surface area contributed by atoms with E-state index in [1.165, 1.54) is 11.8 Å². The lowest BCUT2D eigenvalue weighted by atomic mass is 10.2. The first-order valence-corrected chi connectivity index (χ1v) is 7.62. The molecule has 1 N–H and O–H groups in total. The molecule has 2 heterocycles. The van der Waals surface area contributed by atoms with Crippen molar-refractivity contribution in [2.24, 2.45) is 0 Å². The summed E-state index contributed by atoms with van der Waals surface area (Å²) in [6, 6.07) is 5.81. The number of rotatable bonds is 4. The monoisotopic (exact) mass is 312 g/mol. The van der Waals surface area contributed by atoms with Crippen LogP contribution < -0.4 is 0 Å². The van der Waals surface area contributed by atoms with E-state index < -0.39 is 5.97 Å². The largest absolute Gasteiger partial charge is 0.481 e. The summed E-state index contributed by atoms with van der Waals surface area (Å²) >= 11 is 7.39. The van der Waals surface area contributed by atoms with Crippen LogP contribution in [0.15, 0.2) is 23.4 Å². The summed E-state index contributed by atoms with van der Waals surface area (Å²) in [5.41, 5.74) is 1.65. The molecule has 3 rings (SSSR count). The summed E-state index contributed by atoms with van der Waals surface area (Å²) in [5.74, 6) is -0.878. The maximum absolute atomic E-state index is 10.8. The van der Waals surface area contributed by atoms with E-state index in [1.54, 1.807) is 6.07 Å². The average Bonchev–Trinajstić information content (AvgIpc) is 3.03. The number of hydrogen-bond donors (Lipinski definition) is 1. The summed E-state index contributed by atoms with van der Waals surface area (Å²) in [6.45, 7) is 1.34. The number of carboxylic acid groups (broad SMARTS) is 1. The van der Waals surface area contributed by atoms with Gasteiger partial charge in [-0.25, -0.2) is 4.98 Å². The number of benzene rings is 1. The Morgan fingerprint density at radius 2 is 2.45 bits per heavy atom. The van der Waals surface area contributed by atoms with Crippen LogP contribution in [0.5, 0.6) is 0 Å². The fourth-order valence-electron chi connectivity index (χ4n) is 2.37. The summed E-state index contributed by atoms with van der Waals surface area (Å²) in [5, 5.41) is 10.1. The first-order valence-electron chi connectivity index (χ1n) is 6.25. The Balaban J connectivity index is 2.08. The van der Waals surface area contributed by atoms with Crippen molar-refractivity contribution in [3.63, 3.8) is 0 Å². The molecule has 1 aromatic heterocycles. The van der Waals surface area contributed by atoms with E-state index in [1.807, 2.05) is 12.1 Å². The zero-order chi connectivity index (χ0) is 14.1. The number of nitrogens with zero attached hydrogens (tertiary/aromatic N) is 2. The summed E-state index contributed by atoms with van der Waals surface area (Å²) in [6.07, 6.45) is 0.901. The number of imidazole rings is 1. The topological polar surface area (TPSA) is 64.3 Å². The van der Waals surface area contributed by atoms with Gasteiger partial charge in [0.2, 0.25) is 0 Å². The molecule has 0 spiro atoms. The Kier molecular flexibility index (Phi) is 3.87. The second kappa shape index (κ2) is 5.63. The third kappa shape index (κ3) is 2.51. The smallest absolute Gasteiger partial charge is 0.313 e. The van der Waals surface area contributed by atoms with Gasteiger partial charge < -0.3 is 14.4 Å². The molecule has 20 heavy (non-hydrogen) atoms. The molecule has 5 nitrogen and oxygen atoms in total. The Morgan fingerprint density at radius 1 is 1.60 bits per heavy atom. The van der Waals surface area contributed by atoms with E-state index in [0.29, 0.717) is 28.9 Å². The molecule has 1 fully saturated rings. The fraction of sp³-hybridized carbons (Fsp3) is 0.385. The lowest BCUT2D eigenvalue weighted by Crippen LogP contribution is -2.10. The number of hydrogen-bond acceptors (Lipinski definition) is 4. The Hall–Kier alpha value is -1.24. The Bertz CT molecular complexity index is 652. The van der Waals surface area contributed by atoms with Gasteiger partial charge in [-0.1, -0.05) is 29.4 Å². The molecule has 1 saturated heterocycles. The van der Waals surface area contributed by atoms with E-state index in [0.717, 1.165) is 11.9 Å².